The first-order valence-corrected chi connectivity index (χ1v) is 7.82. The second kappa shape index (κ2) is 5.73. The maximum atomic E-state index is 4.00. The highest BCUT2D eigenvalue weighted by molar-refractivity contribution is 4.87. The van der Waals surface area contributed by atoms with Crippen LogP contribution in [-0.2, 0) is 0 Å². The summed E-state index contributed by atoms with van der Waals surface area (Å²) >= 11 is 0. The SMILES string of the molecule is CC1CC(C)CC(NC2CCCC(C)C2C)C1. The van der Waals surface area contributed by atoms with Crippen molar-refractivity contribution in [2.75, 3.05) is 0 Å². The molecule has 1 nitrogen and oxygen atoms in total. The van der Waals surface area contributed by atoms with Crippen LogP contribution in [0.5, 0.6) is 0 Å². The first kappa shape index (κ1) is 13.4. The zero-order valence-electron chi connectivity index (χ0n) is 12.2. The summed E-state index contributed by atoms with van der Waals surface area (Å²) in [5.74, 6) is 3.64. The van der Waals surface area contributed by atoms with E-state index in [1.807, 2.05) is 0 Å². The van der Waals surface area contributed by atoms with Crippen LogP contribution >= 0.6 is 0 Å². The van der Waals surface area contributed by atoms with Gasteiger partial charge in [0.15, 0.2) is 0 Å². The molecule has 0 aromatic rings. The molecule has 100 valence electrons. The Kier molecular flexibility index (Phi) is 4.52. The molecule has 0 aromatic heterocycles. The molecule has 17 heavy (non-hydrogen) atoms. The molecule has 5 unspecified atom stereocenters. The molecule has 0 heterocycles. The van der Waals surface area contributed by atoms with Gasteiger partial charge in [-0.05, 0) is 49.4 Å². The Hall–Kier alpha value is -0.0400. The first-order chi connectivity index (χ1) is 8.06. The van der Waals surface area contributed by atoms with Crippen LogP contribution in [0.25, 0.3) is 0 Å². The first-order valence-electron chi connectivity index (χ1n) is 7.82. The fourth-order valence-corrected chi connectivity index (χ4v) is 4.20. The molecular formula is C16H31N. The third-order valence-electron chi connectivity index (χ3n) is 5.34. The third-order valence-corrected chi connectivity index (χ3v) is 5.34. The highest BCUT2D eigenvalue weighted by Gasteiger charge is 2.31. The van der Waals surface area contributed by atoms with Crippen LogP contribution in [0, 0.1) is 23.7 Å². The van der Waals surface area contributed by atoms with Gasteiger partial charge in [-0.25, -0.2) is 0 Å². The lowest BCUT2D eigenvalue weighted by atomic mass is 9.76. The minimum atomic E-state index is 0.793. The minimum absolute atomic E-state index is 0.793. The van der Waals surface area contributed by atoms with Crippen LogP contribution in [-0.4, -0.2) is 12.1 Å². The van der Waals surface area contributed by atoms with E-state index in [-0.39, 0.29) is 0 Å². The van der Waals surface area contributed by atoms with Gasteiger partial charge in [0.05, 0.1) is 0 Å². The molecule has 2 fully saturated rings. The van der Waals surface area contributed by atoms with Gasteiger partial charge in [0.25, 0.3) is 0 Å². The Balaban J connectivity index is 1.87. The molecule has 0 bridgehead atoms. The molecule has 0 radical (unpaired) electrons. The van der Waals surface area contributed by atoms with Gasteiger partial charge in [0.1, 0.15) is 0 Å². The van der Waals surface area contributed by atoms with Crippen LogP contribution in [0.4, 0.5) is 0 Å². The van der Waals surface area contributed by atoms with E-state index in [9.17, 15) is 0 Å². The van der Waals surface area contributed by atoms with Crippen molar-refractivity contribution < 1.29 is 0 Å². The van der Waals surface area contributed by atoms with E-state index < -0.39 is 0 Å². The van der Waals surface area contributed by atoms with Crippen LogP contribution < -0.4 is 5.32 Å². The predicted octanol–water partition coefficient (Wildman–Crippen LogP) is 4.23. The third kappa shape index (κ3) is 3.47. The van der Waals surface area contributed by atoms with E-state index in [1.165, 1.54) is 38.5 Å². The standard InChI is InChI=1S/C16H31N/c1-11-8-12(2)10-15(9-11)17-16-7-5-6-13(3)14(16)4/h11-17H,5-10H2,1-4H3. The lowest BCUT2D eigenvalue weighted by Crippen LogP contribution is -2.48. The quantitative estimate of drug-likeness (QED) is 0.758. The monoisotopic (exact) mass is 237 g/mol. The molecule has 0 aromatic carbocycles. The lowest BCUT2D eigenvalue weighted by Gasteiger charge is -2.40. The Labute approximate surface area is 108 Å². The normalized spacial score (nSPS) is 48.0. The van der Waals surface area contributed by atoms with Crippen molar-refractivity contribution in [3.8, 4) is 0 Å². The van der Waals surface area contributed by atoms with Gasteiger partial charge in [0.2, 0.25) is 0 Å². The lowest BCUT2D eigenvalue weighted by molar-refractivity contribution is 0.158. The molecule has 0 saturated heterocycles. The number of hydrogen-bond donors (Lipinski definition) is 1. The molecule has 5 atom stereocenters. The van der Waals surface area contributed by atoms with Crippen molar-refractivity contribution in [3.05, 3.63) is 0 Å². The van der Waals surface area contributed by atoms with E-state index in [0.717, 1.165) is 35.8 Å². The average molecular weight is 237 g/mol. The van der Waals surface area contributed by atoms with Gasteiger partial charge in [-0.2, -0.15) is 0 Å². The van der Waals surface area contributed by atoms with E-state index in [2.05, 4.69) is 33.0 Å². The van der Waals surface area contributed by atoms with Crippen molar-refractivity contribution in [2.24, 2.45) is 23.7 Å². The molecule has 1 N–H and O–H groups in total. The van der Waals surface area contributed by atoms with Crippen LogP contribution in [0.2, 0.25) is 0 Å². The van der Waals surface area contributed by atoms with Gasteiger partial charge >= 0.3 is 0 Å². The zero-order valence-corrected chi connectivity index (χ0v) is 12.2. The summed E-state index contributed by atoms with van der Waals surface area (Å²) in [5, 5.41) is 4.00. The van der Waals surface area contributed by atoms with E-state index in [0.29, 0.717) is 0 Å². The molecule has 2 aliphatic rings. The Morgan fingerprint density at radius 3 is 2.12 bits per heavy atom. The molecule has 2 aliphatic carbocycles. The molecule has 1 heteroatoms. The molecule has 2 saturated carbocycles. The summed E-state index contributed by atoms with van der Waals surface area (Å²) < 4.78 is 0. The molecule has 0 spiro atoms. The Morgan fingerprint density at radius 1 is 0.824 bits per heavy atom. The maximum Gasteiger partial charge on any atom is 0.00978 e. The predicted molar refractivity (Wildman–Crippen MR) is 75.1 cm³/mol. The van der Waals surface area contributed by atoms with Crippen molar-refractivity contribution >= 4 is 0 Å². The largest absolute Gasteiger partial charge is 0.311 e. The molecule has 0 aliphatic heterocycles. The summed E-state index contributed by atoms with van der Waals surface area (Å²) in [4.78, 5) is 0. The van der Waals surface area contributed by atoms with Crippen LogP contribution in [0.3, 0.4) is 0 Å². The fraction of sp³-hybridized carbons (Fsp3) is 1.00. The summed E-state index contributed by atoms with van der Waals surface area (Å²) in [6.45, 7) is 9.75. The van der Waals surface area contributed by atoms with Gasteiger partial charge in [-0.3, -0.25) is 0 Å². The van der Waals surface area contributed by atoms with E-state index in [1.54, 1.807) is 0 Å². The number of rotatable bonds is 2. The Morgan fingerprint density at radius 2 is 1.47 bits per heavy atom. The maximum absolute atomic E-state index is 4.00. The minimum Gasteiger partial charge on any atom is -0.311 e. The van der Waals surface area contributed by atoms with Crippen LogP contribution in [0.1, 0.15) is 66.2 Å². The summed E-state index contributed by atoms with van der Waals surface area (Å²) in [6, 6.07) is 1.59. The molecule has 2 rings (SSSR count). The van der Waals surface area contributed by atoms with Crippen LogP contribution in [0.15, 0.2) is 0 Å². The second-order valence-corrected chi connectivity index (χ2v) is 7.15. The second-order valence-electron chi connectivity index (χ2n) is 7.15. The van der Waals surface area contributed by atoms with Gasteiger partial charge in [-0.15, -0.1) is 0 Å². The highest BCUT2D eigenvalue weighted by atomic mass is 15.0. The number of hydrogen-bond acceptors (Lipinski definition) is 1. The summed E-state index contributed by atoms with van der Waals surface area (Å²) in [7, 11) is 0. The van der Waals surface area contributed by atoms with Crippen molar-refractivity contribution in [2.45, 2.75) is 78.3 Å². The van der Waals surface area contributed by atoms with Gasteiger partial charge in [0, 0.05) is 12.1 Å². The Bertz CT molecular complexity index is 228. The van der Waals surface area contributed by atoms with E-state index in [4.69, 9.17) is 0 Å². The zero-order chi connectivity index (χ0) is 12.4. The fourth-order valence-electron chi connectivity index (χ4n) is 4.20. The highest BCUT2D eigenvalue weighted by Crippen LogP contribution is 2.33. The topological polar surface area (TPSA) is 12.0 Å². The van der Waals surface area contributed by atoms with Crippen molar-refractivity contribution in [1.29, 1.82) is 0 Å². The average Bonchev–Trinajstić information content (AvgIpc) is 2.23. The van der Waals surface area contributed by atoms with Crippen molar-refractivity contribution in [1.82, 2.24) is 5.32 Å². The van der Waals surface area contributed by atoms with Gasteiger partial charge in [-0.1, -0.05) is 40.5 Å². The number of nitrogens with one attached hydrogen (secondary N) is 1. The molecular weight excluding hydrogens is 206 g/mol. The smallest absolute Gasteiger partial charge is 0.00978 e. The van der Waals surface area contributed by atoms with E-state index >= 15 is 0 Å². The summed E-state index contributed by atoms with van der Waals surface area (Å²) in [6.07, 6.45) is 8.53. The van der Waals surface area contributed by atoms with Gasteiger partial charge < -0.3 is 5.32 Å². The van der Waals surface area contributed by atoms with Crippen molar-refractivity contribution in [3.63, 3.8) is 0 Å². The molecule has 0 amide bonds. The summed E-state index contributed by atoms with van der Waals surface area (Å²) in [5.41, 5.74) is 0.